The van der Waals surface area contributed by atoms with Crippen LogP contribution in [0, 0.1) is 0 Å². The van der Waals surface area contributed by atoms with E-state index >= 15 is 0 Å². The molecule has 1 atom stereocenters. The summed E-state index contributed by atoms with van der Waals surface area (Å²) in [6.45, 7) is 3.16. The number of esters is 1. The van der Waals surface area contributed by atoms with Gasteiger partial charge in [-0.15, -0.1) is 0 Å². The average Bonchev–Trinajstić information content (AvgIpc) is 3.26. The first-order chi connectivity index (χ1) is 13.3. The summed E-state index contributed by atoms with van der Waals surface area (Å²) in [5.41, 5.74) is 5.58. The molecule has 1 aliphatic heterocycles. The number of hydrogen-bond acceptors (Lipinski definition) is 5. The molecule has 5 heteroatoms. The second-order valence-corrected chi connectivity index (χ2v) is 7.46. The molecule has 1 fully saturated rings. The van der Waals surface area contributed by atoms with E-state index in [2.05, 4.69) is 33.4 Å². The molecule has 0 bridgehead atoms. The maximum atomic E-state index is 12.0. The summed E-state index contributed by atoms with van der Waals surface area (Å²) in [4.78, 5) is 18.6. The van der Waals surface area contributed by atoms with E-state index < -0.39 is 0 Å². The number of fused-ring (bicyclic) bond motifs is 1. The van der Waals surface area contributed by atoms with Crippen LogP contribution in [0.25, 0.3) is 0 Å². The summed E-state index contributed by atoms with van der Waals surface area (Å²) >= 11 is 0. The number of nitrogens with one attached hydrogen (secondary N) is 1. The molecule has 0 amide bonds. The summed E-state index contributed by atoms with van der Waals surface area (Å²) < 4.78 is 4.88. The molecule has 1 aliphatic carbocycles. The molecular weight excluding hydrogens is 338 g/mol. The molecule has 5 nitrogen and oxygen atoms in total. The van der Waals surface area contributed by atoms with E-state index in [1.807, 2.05) is 0 Å². The van der Waals surface area contributed by atoms with Gasteiger partial charge in [-0.25, -0.2) is 4.79 Å². The maximum Gasteiger partial charge on any atom is 0.340 e. The molecule has 2 aliphatic rings. The molecule has 2 aromatic rings. The number of nitrogens with zero attached hydrogens (tertiary/aromatic N) is 2. The Balaban J connectivity index is 1.50. The Kier molecular flexibility index (Phi) is 5.28. The zero-order valence-corrected chi connectivity index (χ0v) is 15.9. The number of carbonyl (C=O) groups is 1. The van der Waals surface area contributed by atoms with Gasteiger partial charge in [0.15, 0.2) is 0 Å². The minimum Gasteiger partial charge on any atom is -0.465 e. The third-order valence-corrected chi connectivity index (χ3v) is 5.80. The van der Waals surface area contributed by atoms with Gasteiger partial charge < -0.3 is 15.0 Å². The van der Waals surface area contributed by atoms with Crippen LogP contribution in [0.4, 0.5) is 11.4 Å². The Hall–Kier alpha value is -2.56. The summed E-state index contributed by atoms with van der Waals surface area (Å²) in [5, 5.41) is 3.44. The number of rotatable bonds is 5. The van der Waals surface area contributed by atoms with Crippen molar-refractivity contribution >= 4 is 17.3 Å². The highest BCUT2D eigenvalue weighted by molar-refractivity contribution is 5.95. The monoisotopic (exact) mass is 365 g/mol. The number of aryl methyl sites for hydroxylation is 1. The molecule has 4 rings (SSSR count). The van der Waals surface area contributed by atoms with Crippen LogP contribution < -0.4 is 10.2 Å². The van der Waals surface area contributed by atoms with E-state index in [1.54, 1.807) is 18.5 Å². The van der Waals surface area contributed by atoms with Crippen molar-refractivity contribution in [2.24, 2.45) is 0 Å². The van der Waals surface area contributed by atoms with Crippen molar-refractivity contribution in [2.45, 2.75) is 38.0 Å². The standard InChI is InChI=1S/C22H27N3O2/c1-27-22(26)20-9-10-23-15-21(20)24-14-17-6-4-5-16-13-18(7-8-19(16)17)25-11-2-3-12-25/h7-10,13,15,17,24H,2-6,11-12,14H2,1H3/t17-/m0/s1. The smallest absolute Gasteiger partial charge is 0.340 e. The Bertz CT molecular complexity index is 815. The minimum absolute atomic E-state index is 0.334. The highest BCUT2D eigenvalue weighted by Crippen LogP contribution is 2.35. The van der Waals surface area contributed by atoms with E-state index in [4.69, 9.17) is 4.74 Å². The molecule has 1 aromatic carbocycles. The molecule has 2 heterocycles. The second-order valence-electron chi connectivity index (χ2n) is 7.46. The lowest BCUT2D eigenvalue weighted by atomic mass is 9.82. The first-order valence-electron chi connectivity index (χ1n) is 9.90. The van der Waals surface area contributed by atoms with Crippen LogP contribution >= 0.6 is 0 Å². The van der Waals surface area contributed by atoms with Gasteiger partial charge in [0, 0.05) is 37.4 Å². The summed E-state index contributed by atoms with van der Waals surface area (Å²) in [5.74, 6) is 0.117. The van der Waals surface area contributed by atoms with Gasteiger partial charge in [-0.3, -0.25) is 4.98 Å². The van der Waals surface area contributed by atoms with E-state index in [0.29, 0.717) is 11.5 Å². The molecule has 0 saturated carbocycles. The molecule has 0 unspecified atom stereocenters. The molecule has 1 N–H and O–H groups in total. The minimum atomic E-state index is -0.334. The Morgan fingerprint density at radius 1 is 1.26 bits per heavy atom. The second kappa shape index (κ2) is 7.99. The number of aromatic nitrogens is 1. The first-order valence-corrected chi connectivity index (χ1v) is 9.90. The highest BCUT2D eigenvalue weighted by atomic mass is 16.5. The Labute approximate surface area is 160 Å². The average molecular weight is 365 g/mol. The van der Waals surface area contributed by atoms with Crippen molar-refractivity contribution in [1.29, 1.82) is 0 Å². The lowest BCUT2D eigenvalue weighted by molar-refractivity contribution is 0.0601. The van der Waals surface area contributed by atoms with Gasteiger partial charge >= 0.3 is 5.97 Å². The number of benzene rings is 1. The topological polar surface area (TPSA) is 54.5 Å². The highest BCUT2D eigenvalue weighted by Gasteiger charge is 2.22. The predicted molar refractivity (Wildman–Crippen MR) is 108 cm³/mol. The normalized spacial score (nSPS) is 18.9. The Morgan fingerprint density at radius 2 is 2.11 bits per heavy atom. The number of pyridine rings is 1. The van der Waals surface area contributed by atoms with Crippen molar-refractivity contribution in [3.8, 4) is 0 Å². The quantitative estimate of drug-likeness (QED) is 0.812. The number of anilines is 2. The lowest BCUT2D eigenvalue weighted by Gasteiger charge is -2.28. The van der Waals surface area contributed by atoms with Crippen molar-refractivity contribution < 1.29 is 9.53 Å². The van der Waals surface area contributed by atoms with Crippen LogP contribution in [0.5, 0.6) is 0 Å². The van der Waals surface area contributed by atoms with Crippen molar-refractivity contribution in [1.82, 2.24) is 4.98 Å². The lowest BCUT2D eigenvalue weighted by Crippen LogP contribution is -2.21. The van der Waals surface area contributed by atoms with Crippen LogP contribution in [-0.2, 0) is 11.2 Å². The van der Waals surface area contributed by atoms with E-state index in [9.17, 15) is 4.79 Å². The van der Waals surface area contributed by atoms with Crippen molar-refractivity contribution in [2.75, 3.05) is 37.0 Å². The van der Waals surface area contributed by atoms with Crippen LogP contribution in [0.1, 0.15) is 53.1 Å². The Morgan fingerprint density at radius 3 is 2.93 bits per heavy atom. The molecule has 0 spiro atoms. The fourth-order valence-electron chi connectivity index (χ4n) is 4.34. The number of hydrogen-bond donors (Lipinski definition) is 1. The zero-order chi connectivity index (χ0) is 18.6. The molecule has 1 saturated heterocycles. The first kappa shape index (κ1) is 17.8. The zero-order valence-electron chi connectivity index (χ0n) is 15.9. The van der Waals surface area contributed by atoms with Gasteiger partial charge in [0.1, 0.15) is 0 Å². The van der Waals surface area contributed by atoms with Gasteiger partial charge in [-0.1, -0.05) is 6.07 Å². The fraction of sp³-hybridized carbons (Fsp3) is 0.455. The number of ether oxygens (including phenoxy) is 1. The predicted octanol–water partition coefficient (Wildman–Crippen LogP) is 4.00. The van der Waals surface area contributed by atoms with E-state index in [1.165, 1.54) is 56.3 Å². The molecule has 27 heavy (non-hydrogen) atoms. The molecule has 142 valence electrons. The van der Waals surface area contributed by atoms with Crippen molar-refractivity contribution in [3.63, 3.8) is 0 Å². The molecule has 0 radical (unpaired) electrons. The summed E-state index contributed by atoms with van der Waals surface area (Å²) in [6, 6.07) is 8.70. The fourth-order valence-corrected chi connectivity index (χ4v) is 4.34. The van der Waals surface area contributed by atoms with Gasteiger partial charge in [-0.2, -0.15) is 0 Å². The summed E-state index contributed by atoms with van der Waals surface area (Å²) in [6.07, 6.45) is 9.46. The van der Waals surface area contributed by atoms with Crippen molar-refractivity contribution in [3.05, 3.63) is 53.3 Å². The SMILES string of the molecule is COC(=O)c1ccncc1NC[C@@H]1CCCc2cc(N3CCCC3)ccc21. The van der Waals surface area contributed by atoms with Gasteiger partial charge in [0.2, 0.25) is 0 Å². The third-order valence-electron chi connectivity index (χ3n) is 5.80. The molecule has 1 aromatic heterocycles. The summed E-state index contributed by atoms with van der Waals surface area (Å²) in [7, 11) is 1.40. The van der Waals surface area contributed by atoms with Gasteiger partial charge in [0.25, 0.3) is 0 Å². The van der Waals surface area contributed by atoms with E-state index in [0.717, 1.165) is 25.1 Å². The van der Waals surface area contributed by atoms with Gasteiger partial charge in [0.05, 0.1) is 24.6 Å². The molecular formula is C22H27N3O2. The maximum absolute atomic E-state index is 12.0. The van der Waals surface area contributed by atoms with E-state index in [-0.39, 0.29) is 5.97 Å². The van der Waals surface area contributed by atoms with Crippen LogP contribution in [0.3, 0.4) is 0 Å². The number of carbonyl (C=O) groups excluding carboxylic acids is 1. The van der Waals surface area contributed by atoms with Crippen LogP contribution in [0.15, 0.2) is 36.7 Å². The number of methoxy groups -OCH3 is 1. The largest absolute Gasteiger partial charge is 0.465 e. The van der Waals surface area contributed by atoms with Crippen LogP contribution in [-0.4, -0.2) is 37.7 Å². The van der Waals surface area contributed by atoms with Crippen LogP contribution in [0.2, 0.25) is 0 Å². The van der Waals surface area contributed by atoms with Gasteiger partial charge in [-0.05, 0) is 61.4 Å². The third kappa shape index (κ3) is 3.77.